The second kappa shape index (κ2) is 9.23. The third-order valence-electron chi connectivity index (χ3n) is 4.62. The minimum atomic E-state index is -0.534. The molecular formula is C22H20N2O7S. The summed E-state index contributed by atoms with van der Waals surface area (Å²) in [6.45, 7) is 2.08. The first-order valence-corrected chi connectivity index (χ1v) is 10.6. The molecule has 0 spiro atoms. The van der Waals surface area contributed by atoms with Crippen molar-refractivity contribution in [3.8, 4) is 23.0 Å². The number of nitrogens with zero attached hydrogens (tertiary/aromatic N) is 1. The van der Waals surface area contributed by atoms with Crippen molar-refractivity contribution >= 4 is 40.6 Å². The SMILES string of the molecule is CCOc1ccc(/C=C2/SC(=O)N(CC(=O)Nc3ccc4c(c3)OCO4)C2=O)cc1OC. The van der Waals surface area contributed by atoms with Crippen LogP contribution < -0.4 is 24.3 Å². The molecule has 4 rings (SSSR count). The normalized spacial score (nSPS) is 15.9. The molecule has 32 heavy (non-hydrogen) atoms. The molecule has 2 aromatic rings. The Labute approximate surface area is 188 Å². The second-order valence-electron chi connectivity index (χ2n) is 6.73. The highest BCUT2D eigenvalue weighted by atomic mass is 32.2. The summed E-state index contributed by atoms with van der Waals surface area (Å²) in [5, 5.41) is 2.14. The fourth-order valence-electron chi connectivity index (χ4n) is 3.15. The van der Waals surface area contributed by atoms with E-state index in [-0.39, 0.29) is 11.7 Å². The molecule has 1 N–H and O–H groups in total. The van der Waals surface area contributed by atoms with Gasteiger partial charge in [0.2, 0.25) is 12.7 Å². The Balaban J connectivity index is 1.44. The quantitative estimate of drug-likeness (QED) is 0.632. The second-order valence-corrected chi connectivity index (χ2v) is 7.72. The van der Waals surface area contributed by atoms with Gasteiger partial charge in [0, 0.05) is 11.8 Å². The lowest BCUT2D eigenvalue weighted by atomic mass is 10.2. The van der Waals surface area contributed by atoms with Crippen molar-refractivity contribution in [3.63, 3.8) is 0 Å². The predicted octanol–water partition coefficient (Wildman–Crippen LogP) is 3.50. The molecular weight excluding hydrogens is 436 g/mol. The van der Waals surface area contributed by atoms with Crippen LogP contribution in [0.1, 0.15) is 12.5 Å². The van der Waals surface area contributed by atoms with Crippen LogP contribution in [0.3, 0.4) is 0 Å². The Morgan fingerprint density at radius 3 is 2.75 bits per heavy atom. The topological polar surface area (TPSA) is 103 Å². The van der Waals surface area contributed by atoms with Crippen LogP contribution in [0.4, 0.5) is 10.5 Å². The zero-order valence-electron chi connectivity index (χ0n) is 17.4. The Morgan fingerprint density at radius 2 is 1.97 bits per heavy atom. The molecule has 0 bridgehead atoms. The Hall–Kier alpha value is -3.66. The van der Waals surface area contributed by atoms with Crippen LogP contribution in [0.2, 0.25) is 0 Å². The third kappa shape index (κ3) is 4.50. The molecule has 0 unspecified atom stereocenters. The minimum Gasteiger partial charge on any atom is -0.493 e. The summed E-state index contributed by atoms with van der Waals surface area (Å²) in [6.07, 6.45) is 1.58. The van der Waals surface area contributed by atoms with Gasteiger partial charge in [-0.25, -0.2) is 0 Å². The van der Waals surface area contributed by atoms with Gasteiger partial charge in [0.25, 0.3) is 11.1 Å². The first kappa shape index (κ1) is 21.6. The summed E-state index contributed by atoms with van der Waals surface area (Å²) in [5.41, 5.74) is 1.14. The maximum Gasteiger partial charge on any atom is 0.294 e. The van der Waals surface area contributed by atoms with E-state index < -0.39 is 23.6 Å². The number of thioether (sulfide) groups is 1. The van der Waals surface area contributed by atoms with E-state index in [4.69, 9.17) is 18.9 Å². The van der Waals surface area contributed by atoms with Crippen molar-refractivity contribution in [3.05, 3.63) is 46.9 Å². The zero-order chi connectivity index (χ0) is 22.7. The van der Waals surface area contributed by atoms with Gasteiger partial charge in [-0.2, -0.15) is 0 Å². The molecule has 10 heteroatoms. The number of benzene rings is 2. The fraction of sp³-hybridized carbons (Fsp3) is 0.227. The van der Waals surface area contributed by atoms with Gasteiger partial charge in [0.05, 0.1) is 18.6 Å². The summed E-state index contributed by atoms with van der Waals surface area (Å²) >= 11 is 0.779. The summed E-state index contributed by atoms with van der Waals surface area (Å²) in [7, 11) is 1.52. The highest BCUT2D eigenvalue weighted by molar-refractivity contribution is 8.18. The number of hydrogen-bond donors (Lipinski definition) is 1. The van der Waals surface area contributed by atoms with E-state index >= 15 is 0 Å². The molecule has 0 aliphatic carbocycles. The van der Waals surface area contributed by atoms with Crippen molar-refractivity contribution in [2.24, 2.45) is 0 Å². The maximum absolute atomic E-state index is 12.7. The van der Waals surface area contributed by atoms with Gasteiger partial charge in [-0.05, 0) is 54.6 Å². The van der Waals surface area contributed by atoms with Crippen molar-refractivity contribution in [2.45, 2.75) is 6.92 Å². The molecule has 2 aliphatic rings. The number of anilines is 1. The van der Waals surface area contributed by atoms with Crippen molar-refractivity contribution in [1.29, 1.82) is 0 Å². The molecule has 0 atom stereocenters. The van der Waals surface area contributed by atoms with Crippen molar-refractivity contribution in [1.82, 2.24) is 4.90 Å². The highest BCUT2D eigenvalue weighted by Gasteiger charge is 2.36. The van der Waals surface area contributed by atoms with E-state index in [0.717, 1.165) is 16.7 Å². The number of fused-ring (bicyclic) bond motifs is 1. The van der Waals surface area contributed by atoms with Gasteiger partial charge >= 0.3 is 0 Å². The molecule has 2 aliphatic heterocycles. The molecule has 0 aromatic heterocycles. The number of imide groups is 1. The van der Waals surface area contributed by atoms with Gasteiger partial charge in [0.15, 0.2) is 23.0 Å². The number of methoxy groups -OCH3 is 1. The molecule has 2 aromatic carbocycles. The van der Waals surface area contributed by atoms with E-state index in [2.05, 4.69) is 5.32 Å². The minimum absolute atomic E-state index is 0.121. The summed E-state index contributed by atoms with van der Waals surface area (Å²) < 4.78 is 21.3. The summed E-state index contributed by atoms with van der Waals surface area (Å²) in [5.74, 6) is 1.17. The number of rotatable bonds is 7. The Bertz CT molecular complexity index is 1120. The molecule has 9 nitrogen and oxygen atoms in total. The lowest BCUT2D eigenvalue weighted by molar-refractivity contribution is -0.127. The van der Waals surface area contributed by atoms with Crippen LogP contribution in [-0.2, 0) is 9.59 Å². The van der Waals surface area contributed by atoms with Gasteiger partial charge in [-0.1, -0.05) is 6.07 Å². The monoisotopic (exact) mass is 456 g/mol. The number of nitrogens with one attached hydrogen (secondary N) is 1. The van der Waals surface area contributed by atoms with Crippen LogP contribution in [0.5, 0.6) is 23.0 Å². The van der Waals surface area contributed by atoms with Crippen LogP contribution >= 0.6 is 11.8 Å². The van der Waals surface area contributed by atoms with Crippen molar-refractivity contribution < 1.29 is 33.3 Å². The number of carbonyl (C=O) groups excluding carboxylic acids is 3. The Kier molecular flexibility index (Phi) is 6.22. The van der Waals surface area contributed by atoms with E-state index in [1.165, 1.54) is 7.11 Å². The Morgan fingerprint density at radius 1 is 1.16 bits per heavy atom. The van der Waals surface area contributed by atoms with Crippen LogP contribution in [0, 0.1) is 0 Å². The summed E-state index contributed by atoms with van der Waals surface area (Å²) in [4.78, 5) is 38.6. The summed E-state index contributed by atoms with van der Waals surface area (Å²) in [6, 6.07) is 10.1. The molecule has 2 heterocycles. The van der Waals surface area contributed by atoms with E-state index in [0.29, 0.717) is 40.9 Å². The molecule has 0 saturated carbocycles. The van der Waals surface area contributed by atoms with Gasteiger partial charge in [-0.15, -0.1) is 0 Å². The van der Waals surface area contributed by atoms with E-state index in [9.17, 15) is 14.4 Å². The van der Waals surface area contributed by atoms with Crippen LogP contribution in [-0.4, -0.2) is 49.0 Å². The zero-order valence-corrected chi connectivity index (χ0v) is 18.2. The predicted molar refractivity (Wildman–Crippen MR) is 118 cm³/mol. The average molecular weight is 456 g/mol. The first-order chi connectivity index (χ1) is 15.5. The number of amides is 3. The van der Waals surface area contributed by atoms with Gasteiger partial charge in [-0.3, -0.25) is 19.3 Å². The number of ether oxygens (including phenoxy) is 4. The highest BCUT2D eigenvalue weighted by Crippen LogP contribution is 2.36. The largest absolute Gasteiger partial charge is 0.493 e. The van der Waals surface area contributed by atoms with Gasteiger partial charge < -0.3 is 24.3 Å². The lowest BCUT2D eigenvalue weighted by Crippen LogP contribution is -2.36. The smallest absolute Gasteiger partial charge is 0.294 e. The molecule has 1 fully saturated rings. The molecule has 1 saturated heterocycles. The van der Waals surface area contributed by atoms with Crippen molar-refractivity contribution in [2.75, 3.05) is 32.4 Å². The van der Waals surface area contributed by atoms with Crippen LogP contribution in [0.15, 0.2) is 41.3 Å². The standard InChI is InChI=1S/C22H20N2O7S/c1-3-29-15-6-4-13(8-17(15)28-2)9-19-21(26)24(22(27)32-19)11-20(25)23-14-5-7-16-18(10-14)31-12-30-16/h4-10H,3,11-12H2,1-2H3,(H,23,25)/b19-9+. The lowest BCUT2D eigenvalue weighted by Gasteiger charge is -2.12. The van der Waals surface area contributed by atoms with Gasteiger partial charge in [0.1, 0.15) is 6.54 Å². The number of carbonyl (C=O) groups is 3. The molecule has 166 valence electrons. The molecule has 3 amide bonds. The number of hydrogen-bond acceptors (Lipinski definition) is 8. The maximum atomic E-state index is 12.7. The third-order valence-corrected chi connectivity index (χ3v) is 5.52. The first-order valence-electron chi connectivity index (χ1n) is 9.74. The average Bonchev–Trinajstić information content (AvgIpc) is 3.34. The fourth-order valence-corrected chi connectivity index (χ4v) is 3.99. The van der Waals surface area contributed by atoms with Crippen LogP contribution in [0.25, 0.3) is 6.08 Å². The molecule has 0 radical (unpaired) electrons. The van der Waals surface area contributed by atoms with E-state index in [1.54, 1.807) is 42.5 Å². The van der Waals surface area contributed by atoms with E-state index in [1.807, 2.05) is 6.92 Å².